The van der Waals surface area contributed by atoms with E-state index in [1.807, 2.05) is 24.3 Å². The fourth-order valence-electron chi connectivity index (χ4n) is 9.58. The van der Waals surface area contributed by atoms with Crippen molar-refractivity contribution in [1.29, 1.82) is 0 Å². The summed E-state index contributed by atoms with van der Waals surface area (Å²) in [5.41, 5.74) is -0.418. The Hall–Kier alpha value is -3.60. The van der Waals surface area contributed by atoms with E-state index in [0.717, 1.165) is 49.7 Å². The maximum Gasteiger partial charge on any atom is 0.327 e. The van der Waals surface area contributed by atoms with E-state index in [9.17, 15) is 19.5 Å². The van der Waals surface area contributed by atoms with Gasteiger partial charge >= 0.3 is 11.9 Å². The Morgan fingerprint density at radius 1 is 1.02 bits per heavy atom. The highest BCUT2D eigenvalue weighted by Gasteiger charge is 2.77. The molecule has 15 nitrogen and oxygen atoms in total. The number of likely N-dealkylation sites (tertiary alicyclic amines) is 1. The number of ether oxygens (including phenoxy) is 5. The lowest BCUT2D eigenvalue weighted by Gasteiger charge is -2.50. The van der Waals surface area contributed by atoms with Crippen LogP contribution in [0.2, 0.25) is 0 Å². The van der Waals surface area contributed by atoms with Crippen molar-refractivity contribution in [3.63, 3.8) is 0 Å². The molecule has 2 unspecified atom stereocenters. The van der Waals surface area contributed by atoms with Gasteiger partial charge in [-0.05, 0) is 70.1 Å². The quantitative estimate of drug-likeness (QED) is 0.0882. The van der Waals surface area contributed by atoms with E-state index < -0.39 is 83.8 Å². The minimum absolute atomic E-state index is 0.000704. The molecule has 6 rings (SSSR count). The number of hydroxylamine groups is 2. The van der Waals surface area contributed by atoms with Crippen LogP contribution in [0.1, 0.15) is 129 Å². The van der Waals surface area contributed by atoms with Crippen molar-refractivity contribution < 1.29 is 57.9 Å². The third kappa shape index (κ3) is 10.2. The third-order valence-electron chi connectivity index (χ3n) is 12.4. The van der Waals surface area contributed by atoms with Gasteiger partial charge < -0.3 is 44.1 Å². The zero-order valence-electron chi connectivity index (χ0n) is 36.1. The summed E-state index contributed by atoms with van der Waals surface area (Å²) in [6.07, 6.45) is 8.73. The first-order chi connectivity index (χ1) is 28.8. The first kappa shape index (κ1) is 45.9. The van der Waals surface area contributed by atoms with E-state index in [2.05, 4.69) is 19.2 Å². The number of hydrogen-bond acceptors (Lipinski definition) is 13. The van der Waals surface area contributed by atoms with E-state index in [1.165, 1.54) is 6.26 Å². The molecule has 0 aromatic heterocycles. The summed E-state index contributed by atoms with van der Waals surface area (Å²) in [4.78, 5) is 64.8. The van der Waals surface area contributed by atoms with Crippen LogP contribution in [0.4, 0.5) is 0 Å². The largest absolute Gasteiger partial charge is 0.499 e. The van der Waals surface area contributed by atoms with Crippen molar-refractivity contribution in [3.8, 4) is 0 Å². The predicted octanol–water partition coefficient (Wildman–Crippen LogP) is 4.70. The van der Waals surface area contributed by atoms with Crippen LogP contribution in [0.5, 0.6) is 0 Å². The molecule has 4 heterocycles. The number of hydrogen-bond donors (Lipinski definition) is 3. The number of benzene rings is 1. The number of carbonyl (C=O) groups is 4. The second-order valence-electron chi connectivity index (χ2n) is 18.0. The van der Waals surface area contributed by atoms with Gasteiger partial charge in [-0.2, -0.15) is 5.06 Å². The summed E-state index contributed by atoms with van der Waals surface area (Å²) in [6, 6.07) is 4.91. The van der Waals surface area contributed by atoms with Crippen molar-refractivity contribution in [3.05, 3.63) is 41.7 Å². The summed E-state index contributed by atoms with van der Waals surface area (Å²) in [6.45, 7) is 9.79. The maximum absolute atomic E-state index is 15.5. The van der Waals surface area contributed by atoms with Crippen molar-refractivity contribution in [2.24, 2.45) is 5.41 Å². The molecular formula is C45H67N3O12. The van der Waals surface area contributed by atoms with E-state index in [-0.39, 0.29) is 44.9 Å². The number of unbranched alkanes of at least 4 members (excludes halogenated alkanes) is 4. The van der Waals surface area contributed by atoms with Crippen LogP contribution in [-0.4, -0.2) is 124 Å². The first-order valence-electron chi connectivity index (χ1n) is 22.2. The van der Waals surface area contributed by atoms with Gasteiger partial charge in [0.15, 0.2) is 11.8 Å². The highest BCUT2D eigenvalue weighted by atomic mass is 16.8. The number of aliphatic hydroxyl groups excluding tert-OH is 2. The molecule has 4 saturated heterocycles. The molecule has 5 fully saturated rings. The highest BCUT2D eigenvalue weighted by molar-refractivity contribution is 5.96. The minimum Gasteiger partial charge on any atom is -0.499 e. The lowest BCUT2D eigenvalue weighted by molar-refractivity contribution is -0.225. The topological polar surface area (TPSA) is 183 Å². The second kappa shape index (κ2) is 20.1. The van der Waals surface area contributed by atoms with E-state index in [1.54, 1.807) is 36.8 Å². The van der Waals surface area contributed by atoms with E-state index >= 15 is 4.79 Å². The fourth-order valence-corrected chi connectivity index (χ4v) is 9.58. The minimum atomic E-state index is -1.45. The molecular weight excluding hydrogens is 775 g/mol. The van der Waals surface area contributed by atoms with Crippen LogP contribution in [0, 0.1) is 5.41 Å². The SMILES string of the molecule is CCCCCC1(CCCCC)O[C@@H]2[C@H]3ON(Cc4ccc(C=COCCO)cc4)[C@H]4C(=O)OC(CC34C(=O)N3CCC[C@@H]3C(=O)N[C@H](CO)CCC(=O)OC(C)(C)C)[C@@H]2O1. The number of nitrogens with one attached hydrogen (secondary N) is 1. The highest BCUT2D eigenvalue weighted by Crippen LogP contribution is 2.59. The second-order valence-corrected chi connectivity index (χ2v) is 18.0. The van der Waals surface area contributed by atoms with Crippen LogP contribution in [-0.2, 0) is 54.2 Å². The lowest BCUT2D eigenvalue weighted by Crippen LogP contribution is -2.70. The Morgan fingerprint density at radius 3 is 2.37 bits per heavy atom. The van der Waals surface area contributed by atoms with Gasteiger partial charge in [-0.15, -0.1) is 0 Å². The fraction of sp³-hybridized carbons (Fsp3) is 0.733. The molecule has 5 aliphatic rings. The van der Waals surface area contributed by atoms with Crippen molar-refractivity contribution in [2.45, 2.75) is 179 Å². The average molecular weight is 842 g/mol. The summed E-state index contributed by atoms with van der Waals surface area (Å²) >= 11 is 0. The van der Waals surface area contributed by atoms with Gasteiger partial charge in [-0.3, -0.25) is 24.0 Å². The van der Waals surface area contributed by atoms with Gasteiger partial charge in [0, 0.05) is 32.2 Å². The molecule has 2 amide bonds. The number of esters is 2. The monoisotopic (exact) mass is 841 g/mol. The van der Waals surface area contributed by atoms with Crippen LogP contribution >= 0.6 is 0 Å². The molecule has 3 N–H and O–H groups in total. The summed E-state index contributed by atoms with van der Waals surface area (Å²) in [5, 5.41) is 23.6. The molecule has 0 radical (unpaired) electrons. The molecule has 1 aliphatic carbocycles. The zero-order valence-corrected chi connectivity index (χ0v) is 36.1. The van der Waals surface area contributed by atoms with Crippen LogP contribution in [0.15, 0.2) is 30.5 Å². The van der Waals surface area contributed by atoms with Gasteiger partial charge in [0.1, 0.15) is 48.1 Å². The number of nitrogens with zero attached hydrogens (tertiary/aromatic N) is 2. The lowest BCUT2D eigenvalue weighted by atomic mass is 9.62. The van der Waals surface area contributed by atoms with Crippen molar-refractivity contribution in [2.75, 3.05) is 26.4 Å². The number of amides is 2. The predicted molar refractivity (Wildman–Crippen MR) is 219 cm³/mol. The number of rotatable bonds is 21. The van der Waals surface area contributed by atoms with Crippen LogP contribution in [0.3, 0.4) is 0 Å². The number of fused-ring (bicyclic) bond motifs is 4. The molecule has 4 aliphatic heterocycles. The van der Waals surface area contributed by atoms with Crippen molar-refractivity contribution >= 4 is 29.8 Å². The Bertz CT molecular complexity index is 1650. The summed E-state index contributed by atoms with van der Waals surface area (Å²) in [7, 11) is 0. The van der Waals surface area contributed by atoms with Gasteiger partial charge in [0.05, 0.1) is 32.1 Å². The average Bonchev–Trinajstić information content (AvgIpc) is 3.94. The molecule has 2 bridgehead atoms. The molecule has 8 atom stereocenters. The number of aliphatic hydroxyl groups is 2. The van der Waals surface area contributed by atoms with Gasteiger partial charge in [0.2, 0.25) is 11.8 Å². The van der Waals surface area contributed by atoms with Gasteiger partial charge in [-0.25, -0.2) is 0 Å². The number of carbonyl (C=O) groups excluding carboxylic acids is 4. The Kier molecular flexibility index (Phi) is 15.4. The smallest absolute Gasteiger partial charge is 0.327 e. The maximum atomic E-state index is 15.5. The molecule has 334 valence electrons. The zero-order chi connectivity index (χ0) is 43.1. The Balaban J connectivity index is 1.29. The van der Waals surface area contributed by atoms with E-state index in [4.69, 9.17) is 33.6 Å². The van der Waals surface area contributed by atoms with Gasteiger partial charge in [0.25, 0.3) is 0 Å². The molecule has 1 aromatic rings. The Morgan fingerprint density at radius 2 is 1.72 bits per heavy atom. The van der Waals surface area contributed by atoms with E-state index in [0.29, 0.717) is 32.2 Å². The molecule has 0 spiro atoms. The first-order valence-corrected chi connectivity index (χ1v) is 22.2. The van der Waals surface area contributed by atoms with Crippen LogP contribution in [0.25, 0.3) is 6.08 Å². The van der Waals surface area contributed by atoms with Crippen LogP contribution < -0.4 is 5.32 Å². The molecule has 60 heavy (non-hydrogen) atoms. The molecule has 15 heteroatoms. The molecule has 1 saturated carbocycles. The van der Waals surface area contributed by atoms with Gasteiger partial charge in [-0.1, -0.05) is 63.8 Å². The Labute approximate surface area is 354 Å². The van der Waals surface area contributed by atoms with Crippen molar-refractivity contribution in [1.82, 2.24) is 15.3 Å². The standard InChI is InChI=1S/C45H67N3O12/c1-6-8-10-21-44(22-11-9-7-2)58-36-34-27-45(42(54)47-23-12-13-33(47)40(52)46-32(29-50)18-19-35(51)57-43(3,4)5)38(41(53)56-34)48(60-39(45)37(36)59-44)28-31-16-14-30(15-17-31)20-25-55-26-24-49/h14-17,20,25,32-34,36-39,49-50H,6-13,18-19,21-24,26-29H2,1-5H3,(H,46,52)/t32-,33+,34?,36-,37-,38-,39+,45?/m0/s1. The summed E-state index contributed by atoms with van der Waals surface area (Å²) < 4.78 is 30.9. The normalized spacial score (nSPS) is 28.7. The molecule has 1 aromatic carbocycles. The third-order valence-corrected chi connectivity index (χ3v) is 12.4. The summed E-state index contributed by atoms with van der Waals surface area (Å²) in [5.74, 6) is -2.73.